The van der Waals surface area contributed by atoms with Crippen LogP contribution in [-0.4, -0.2) is 12.6 Å². The highest BCUT2D eigenvalue weighted by molar-refractivity contribution is 5.72. The van der Waals surface area contributed by atoms with Crippen LogP contribution in [0.1, 0.15) is 44.2 Å². The van der Waals surface area contributed by atoms with E-state index in [2.05, 4.69) is 13.0 Å². The lowest BCUT2D eigenvalue weighted by atomic mass is 10.1. The van der Waals surface area contributed by atoms with Gasteiger partial charge in [0.2, 0.25) is 0 Å². The fourth-order valence-electron chi connectivity index (χ4n) is 1.63. The fourth-order valence-corrected chi connectivity index (χ4v) is 1.63. The summed E-state index contributed by atoms with van der Waals surface area (Å²) in [5.74, 6) is -0.260. The SMILES string of the molecule is CCCCOC(=O)C(C)C/C=C/c1ccc(C#N)cc1. The zero-order valence-electron chi connectivity index (χ0n) is 12.1. The normalized spacial score (nSPS) is 12.1. The van der Waals surface area contributed by atoms with Gasteiger partial charge in [0.05, 0.1) is 24.2 Å². The number of unbranched alkanes of at least 4 members (excludes halogenated alkanes) is 1. The van der Waals surface area contributed by atoms with Gasteiger partial charge in [-0.05, 0) is 30.5 Å². The number of carbonyl (C=O) groups excluding carboxylic acids is 1. The van der Waals surface area contributed by atoms with Crippen LogP contribution in [0.3, 0.4) is 0 Å². The lowest BCUT2D eigenvalue weighted by Crippen LogP contribution is -2.14. The van der Waals surface area contributed by atoms with Crippen molar-refractivity contribution < 1.29 is 9.53 Å². The Kier molecular flexibility index (Phi) is 7.13. The van der Waals surface area contributed by atoms with Crippen molar-refractivity contribution >= 4 is 12.0 Å². The number of carbonyl (C=O) groups is 1. The summed E-state index contributed by atoms with van der Waals surface area (Å²) in [6.07, 6.45) is 6.52. The summed E-state index contributed by atoms with van der Waals surface area (Å²) in [6.45, 7) is 4.45. The maximum atomic E-state index is 11.7. The topological polar surface area (TPSA) is 50.1 Å². The molecule has 106 valence electrons. The third kappa shape index (κ3) is 5.71. The van der Waals surface area contributed by atoms with E-state index in [1.165, 1.54) is 0 Å². The minimum Gasteiger partial charge on any atom is -0.465 e. The summed E-state index contributed by atoms with van der Waals surface area (Å²) in [4.78, 5) is 11.7. The largest absolute Gasteiger partial charge is 0.465 e. The van der Waals surface area contributed by atoms with Gasteiger partial charge in [-0.3, -0.25) is 4.79 Å². The van der Waals surface area contributed by atoms with Gasteiger partial charge < -0.3 is 4.74 Å². The summed E-state index contributed by atoms with van der Waals surface area (Å²) < 4.78 is 5.17. The molecule has 0 bridgehead atoms. The third-order valence-corrected chi connectivity index (χ3v) is 2.98. The molecular formula is C17H21NO2. The lowest BCUT2D eigenvalue weighted by molar-refractivity contribution is -0.147. The van der Waals surface area contributed by atoms with Crippen LogP contribution in [0.2, 0.25) is 0 Å². The predicted octanol–water partition coefficient (Wildman–Crippen LogP) is 3.94. The molecule has 20 heavy (non-hydrogen) atoms. The predicted molar refractivity (Wildman–Crippen MR) is 79.8 cm³/mol. The van der Waals surface area contributed by atoms with Gasteiger partial charge in [-0.15, -0.1) is 0 Å². The Morgan fingerprint density at radius 3 is 2.70 bits per heavy atom. The molecule has 1 rings (SSSR count). The number of ether oxygens (including phenoxy) is 1. The Balaban J connectivity index is 2.39. The quantitative estimate of drug-likeness (QED) is 0.557. The number of benzene rings is 1. The van der Waals surface area contributed by atoms with Gasteiger partial charge in [-0.2, -0.15) is 5.26 Å². The Bertz CT molecular complexity index is 483. The molecule has 0 aliphatic carbocycles. The van der Waals surface area contributed by atoms with Gasteiger partial charge in [0.1, 0.15) is 0 Å². The highest BCUT2D eigenvalue weighted by Gasteiger charge is 2.11. The summed E-state index contributed by atoms with van der Waals surface area (Å²) >= 11 is 0. The van der Waals surface area contributed by atoms with Gasteiger partial charge in [0.25, 0.3) is 0 Å². The molecule has 1 atom stereocenters. The van der Waals surface area contributed by atoms with Crippen molar-refractivity contribution in [1.82, 2.24) is 0 Å². The van der Waals surface area contributed by atoms with Crippen molar-refractivity contribution in [2.24, 2.45) is 5.92 Å². The van der Waals surface area contributed by atoms with Crippen molar-refractivity contribution in [2.45, 2.75) is 33.1 Å². The van der Waals surface area contributed by atoms with Crippen LogP contribution in [0.25, 0.3) is 6.08 Å². The van der Waals surface area contributed by atoms with E-state index in [-0.39, 0.29) is 11.9 Å². The van der Waals surface area contributed by atoms with Gasteiger partial charge in [-0.25, -0.2) is 0 Å². The molecule has 1 aromatic carbocycles. The number of esters is 1. The average Bonchev–Trinajstić information content (AvgIpc) is 2.48. The van der Waals surface area contributed by atoms with Crippen LogP contribution >= 0.6 is 0 Å². The Morgan fingerprint density at radius 1 is 1.40 bits per heavy atom. The van der Waals surface area contributed by atoms with E-state index in [1.54, 1.807) is 12.1 Å². The maximum Gasteiger partial charge on any atom is 0.308 e. The lowest BCUT2D eigenvalue weighted by Gasteiger charge is -2.08. The molecule has 3 nitrogen and oxygen atoms in total. The van der Waals surface area contributed by atoms with Crippen LogP contribution in [0.5, 0.6) is 0 Å². The Hall–Kier alpha value is -2.08. The van der Waals surface area contributed by atoms with Crippen LogP contribution in [-0.2, 0) is 9.53 Å². The molecule has 0 spiro atoms. The molecule has 0 aliphatic heterocycles. The second-order valence-corrected chi connectivity index (χ2v) is 4.79. The third-order valence-electron chi connectivity index (χ3n) is 2.98. The van der Waals surface area contributed by atoms with Crippen LogP contribution < -0.4 is 0 Å². The van der Waals surface area contributed by atoms with E-state index >= 15 is 0 Å². The molecule has 0 aliphatic rings. The maximum absolute atomic E-state index is 11.7. The summed E-state index contributed by atoms with van der Waals surface area (Å²) in [6, 6.07) is 9.42. The monoisotopic (exact) mass is 271 g/mol. The minimum absolute atomic E-state index is 0.124. The van der Waals surface area contributed by atoms with Gasteiger partial charge in [0, 0.05) is 0 Å². The summed E-state index contributed by atoms with van der Waals surface area (Å²) in [5.41, 5.74) is 1.67. The first-order valence-corrected chi connectivity index (χ1v) is 7.00. The van der Waals surface area contributed by atoms with Crippen molar-refractivity contribution in [1.29, 1.82) is 5.26 Å². The zero-order valence-corrected chi connectivity index (χ0v) is 12.1. The molecule has 0 fully saturated rings. The molecule has 0 saturated heterocycles. The molecule has 1 unspecified atom stereocenters. The molecule has 0 heterocycles. The van der Waals surface area contributed by atoms with Gasteiger partial charge in [0.15, 0.2) is 0 Å². The van der Waals surface area contributed by atoms with E-state index in [9.17, 15) is 4.79 Å². The first-order valence-electron chi connectivity index (χ1n) is 7.00. The second kappa shape index (κ2) is 8.92. The van der Waals surface area contributed by atoms with Crippen LogP contribution in [0.4, 0.5) is 0 Å². The number of hydrogen-bond donors (Lipinski definition) is 0. The standard InChI is InChI=1S/C17H21NO2/c1-3-4-12-20-17(19)14(2)6-5-7-15-8-10-16(13-18)11-9-15/h5,7-11,14H,3-4,6,12H2,1-2H3/b7-5+. The first kappa shape index (κ1) is 16.0. The van der Waals surface area contributed by atoms with E-state index < -0.39 is 0 Å². The number of hydrogen-bond acceptors (Lipinski definition) is 3. The van der Waals surface area contributed by atoms with E-state index in [4.69, 9.17) is 10.00 Å². The van der Waals surface area contributed by atoms with Gasteiger partial charge >= 0.3 is 5.97 Å². The number of nitrogens with zero attached hydrogens (tertiary/aromatic N) is 1. The number of nitriles is 1. The second-order valence-electron chi connectivity index (χ2n) is 4.79. The highest BCUT2D eigenvalue weighted by Crippen LogP contribution is 2.10. The fraction of sp³-hybridized carbons (Fsp3) is 0.412. The van der Waals surface area contributed by atoms with Crippen molar-refractivity contribution in [3.63, 3.8) is 0 Å². The Labute approximate surface area is 120 Å². The molecule has 0 N–H and O–H groups in total. The van der Waals surface area contributed by atoms with E-state index in [1.807, 2.05) is 31.2 Å². The van der Waals surface area contributed by atoms with Crippen LogP contribution in [0, 0.1) is 17.2 Å². The Morgan fingerprint density at radius 2 is 2.10 bits per heavy atom. The van der Waals surface area contributed by atoms with Crippen molar-refractivity contribution in [3.8, 4) is 6.07 Å². The minimum atomic E-state index is -0.136. The smallest absolute Gasteiger partial charge is 0.308 e. The molecule has 0 amide bonds. The molecular weight excluding hydrogens is 250 g/mol. The van der Waals surface area contributed by atoms with Crippen LogP contribution in [0.15, 0.2) is 30.3 Å². The van der Waals surface area contributed by atoms with Gasteiger partial charge in [-0.1, -0.05) is 44.6 Å². The molecule has 0 aromatic heterocycles. The number of allylic oxidation sites excluding steroid dienone is 1. The first-order chi connectivity index (χ1) is 9.67. The molecule has 0 radical (unpaired) electrons. The zero-order chi connectivity index (χ0) is 14.8. The van der Waals surface area contributed by atoms with E-state index in [0.29, 0.717) is 18.6 Å². The molecule has 3 heteroatoms. The summed E-state index contributed by atoms with van der Waals surface area (Å²) in [5, 5.41) is 8.71. The average molecular weight is 271 g/mol. The number of rotatable bonds is 7. The molecule has 1 aromatic rings. The van der Waals surface area contributed by atoms with E-state index in [0.717, 1.165) is 18.4 Å². The van der Waals surface area contributed by atoms with Crippen molar-refractivity contribution in [3.05, 3.63) is 41.5 Å². The molecule has 0 saturated carbocycles. The van der Waals surface area contributed by atoms with Crippen molar-refractivity contribution in [2.75, 3.05) is 6.61 Å². The summed E-state index contributed by atoms with van der Waals surface area (Å²) in [7, 11) is 0. The highest BCUT2D eigenvalue weighted by atomic mass is 16.5.